The molecular formula is C28H29FN2O4S2. The minimum atomic E-state index is -0.407. The molecule has 0 bridgehead atoms. The van der Waals surface area contributed by atoms with Crippen LogP contribution in [0, 0.1) is 5.82 Å². The van der Waals surface area contributed by atoms with Gasteiger partial charge in [0.15, 0.2) is 0 Å². The average molecular weight is 541 g/mol. The normalized spacial score (nSPS) is 13.4. The molecule has 37 heavy (non-hydrogen) atoms. The Morgan fingerprint density at radius 2 is 1.81 bits per heavy atom. The van der Waals surface area contributed by atoms with Crippen LogP contribution >= 0.6 is 23.1 Å². The standard InChI is InChI=1S/C28H29FN2O4S2/c1-3-22(26(33)31-27-24(28(34)35-4-2)21-10-5-6-11-23(21)37-27)36-20-9-7-8-19(16-20)30-25(32)17-12-14-18(29)15-13-17/h7-9,12-16,22H,3-6,10-11H2,1-2H3,(H,30,32)(H,31,33). The van der Waals surface area contributed by atoms with Crippen molar-refractivity contribution in [2.24, 2.45) is 0 Å². The highest BCUT2D eigenvalue weighted by Gasteiger charge is 2.29. The monoisotopic (exact) mass is 540 g/mol. The van der Waals surface area contributed by atoms with Crippen LogP contribution in [0.1, 0.15) is 64.3 Å². The SMILES string of the molecule is CCOC(=O)c1c(NC(=O)C(CC)Sc2cccc(NC(=O)c3ccc(F)cc3)c2)sc2c1CCCC2. The van der Waals surface area contributed by atoms with Gasteiger partial charge in [0, 0.05) is 21.0 Å². The van der Waals surface area contributed by atoms with Crippen LogP contribution in [0.4, 0.5) is 15.1 Å². The number of aryl methyl sites for hydroxylation is 1. The van der Waals surface area contributed by atoms with Gasteiger partial charge in [-0.3, -0.25) is 9.59 Å². The molecule has 3 aromatic rings. The summed E-state index contributed by atoms with van der Waals surface area (Å²) in [5, 5.41) is 5.98. The molecule has 2 N–H and O–H groups in total. The number of anilines is 2. The van der Waals surface area contributed by atoms with E-state index in [4.69, 9.17) is 4.74 Å². The highest BCUT2D eigenvalue weighted by atomic mass is 32.2. The van der Waals surface area contributed by atoms with Crippen LogP contribution in [0.15, 0.2) is 53.4 Å². The Morgan fingerprint density at radius 1 is 1.05 bits per heavy atom. The molecule has 0 saturated carbocycles. The third kappa shape index (κ3) is 6.59. The predicted molar refractivity (Wildman–Crippen MR) is 146 cm³/mol. The minimum absolute atomic E-state index is 0.183. The first-order valence-electron chi connectivity index (χ1n) is 12.4. The van der Waals surface area contributed by atoms with Gasteiger partial charge in [-0.25, -0.2) is 9.18 Å². The largest absolute Gasteiger partial charge is 0.462 e. The van der Waals surface area contributed by atoms with Crippen molar-refractivity contribution in [1.82, 2.24) is 0 Å². The van der Waals surface area contributed by atoms with Crippen molar-refractivity contribution in [3.8, 4) is 0 Å². The Hall–Kier alpha value is -3.17. The van der Waals surface area contributed by atoms with Gasteiger partial charge in [-0.05, 0) is 87.1 Å². The number of nitrogens with one attached hydrogen (secondary N) is 2. The zero-order chi connectivity index (χ0) is 26.4. The lowest BCUT2D eigenvalue weighted by Gasteiger charge is -2.16. The lowest BCUT2D eigenvalue weighted by molar-refractivity contribution is -0.115. The smallest absolute Gasteiger partial charge is 0.341 e. The molecule has 2 aromatic carbocycles. The van der Waals surface area contributed by atoms with E-state index in [2.05, 4.69) is 10.6 Å². The second kappa shape index (κ2) is 12.4. The van der Waals surface area contributed by atoms with Gasteiger partial charge in [-0.2, -0.15) is 0 Å². The highest BCUT2D eigenvalue weighted by Crippen LogP contribution is 2.39. The number of hydrogen-bond donors (Lipinski definition) is 2. The van der Waals surface area contributed by atoms with Crippen LogP contribution in [0.25, 0.3) is 0 Å². The van der Waals surface area contributed by atoms with E-state index in [0.29, 0.717) is 28.2 Å². The molecule has 9 heteroatoms. The van der Waals surface area contributed by atoms with Crippen molar-refractivity contribution < 1.29 is 23.5 Å². The second-order valence-corrected chi connectivity index (χ2v) is 11.0. The molecule has 1 heterocycles. The number of thioether (sulfide) groups is 1. The van der Waals surface area contributed by atoms with Crippen LogP contribution in [-0.2, 0) is 22.4 Å². The van der Waals surface area contributed by atoms with Gasteiger partial charge >= 0.3 is 5.97 Å². The van der Waals surface area contributed by atoms with E-state index < -0.39 is 11.1 Å². The molecule has 0 saturated heterocycles. The fourth-order valence-electron chi connectivity index (χ4n) is 4.20. The van der Waals surface area contributed by atoms with Gasteiger partial charge in [0.1, 0.15) is 10.8 Å². The second-order valence-electron chi connectivity index (χ2n) is 8.63. The number of amides is 2. The van der Waals surface area contributed by atoms with E-state index in [1.807, 2.05) is 13.0 Å². The fourth-order valence-corrected chi connectivity index (χ4v) is 6.50. The molecular weight excluding hydrogens is 511 g/mol. The number of carbonyl (C=O) groups excluding carboxylic acids is 3. The van der Waals surface area contributed by atoms with Gasteiger partial charge in [0.05, 0.1) is 17.4 Å². The van der Waals surface area contributed by atoms with Crippen LogP contribution in [0.3, 0.4) is 0 Å². The number of fused-ring (bicyclic) bond motifs is 1. The highest BCUT2D eigenvalue weighted by molar-refractivity contribution is 8.00. The Bertz CT molecular complexity index is 1290. The zero-order valence-corrected chi connectivity index (χ0v) is 22.4. The number of thiophene rings is 1. The van der Waals surface area contributed by atoms with Crippen LogP contribution in [-0.4, -0.2) is 29.6 Å². The van der Waals surface area contributed by atoms with E-state index in [0.717, 1.165) is 41.0 Å². The molecule has 0 aliphatic heterocycles. The minimum Gasteiger partial charge on any atom is -0.462 e. The van der Waals surface area contributed by atoms with Crippen LogP contribution < -0.4 is 10.6 Å². The third-order valence-electron chi connectivity index (χ3n) is 6.03. The predicted octanol–water partition coefficient (Wildman–Crippen LogP) is 6.70. The molecule has 194 valence electrons. The zero-order valence-electron chi connectivity index (χ0n) is 20.8. The van der Waals surface area contributed by atoms with Crippen molar-refractivity contribution >= 4 is 51.6 Å². The molecule has 1 aliphatic carbocycles. The van der Waals surface area contributed by atoms with Crippen molar-refractivity contribution in [3.05, 3.63) is 75.9 Å². The third-order valence-corrected chi connectivity index (χ3v) is 8.59. The molecule has 2 amide bonds. The van der Waals surface area contributed by atoms with Crippen LogP contribution in [0.5, 0.6) is 0 Å². The Kier molecular flexibility index (Phi) is 9.00. The first-order chi connectivity index (χ1) is 17.9. The lowest BCUT2D eigenvalue weighted by Crippen LogP contribution is -2.25. The maximum atomic E-state index is 13.3. The fraction of sp³-hybridized carbons (Fsp3) is 0.321. The van der Waals surface area contributed by atoms with Crippen molar-refractivity contribution in [2.45, 2.75) is 56.1 Å². The molecule has 4 rings (SSSR count). The summed E-state index contributed by atoms with van der Waals surface area (Å²) in [6.45, 7) is 3.98. The molecule has 0 fully saturated rings. The summed E-state index contributed by atoms with van der Waals surface area (Å²) in [4.78, 5) is 40.5. The van der Waals surface area contributed by atoms with Crippen molar-refractivity contribution in [1.29, 1.82) is 0 Å². The molecule has 6 nitrogen and oxygen atoms in total. The maximum Gasteiger partial charge on any atom is 0.341 e. The summed E-state index contributed by atoms with van der Waals surface area (Å²) in [5.41, 5.74) is 2.43. The molecule has 1 atom stereocenters. The van der Waals surface area contributed by atoms with Gasteiger partial charge < -0.3 is 15.4 Å². The van der Waals surface area contributed by atoms with E-state index in [9.17, 15) is 18.8 Å². The first kappa shape index (κ1) is 26.9. The summed E-state index contributed by atoms with van der Waals surface area (Å²) in [7, 11) is 0. The topological polar surface area (TPSA) is 84.5 Å². The number of hydrogen-bond acceptors (Lipinski definition) is 6. The van der Waals surface area contributed by atoms with E-state index in [-0.39, 0.29) is 24.4 Å². The van der Waals surface area contributed by atoms with Crippen LogP contribution in [0.2, 0.25) is 0 Å². The number of esters is 1. The van der Waals surface area contributed by atoms with Crippen molar-refractivity contribution in [3.63, 3.8) is 0 Å². The van der Waals surface area contributed by atoms with E-state index in [1.54, 1.807) is 25.1 Å². The van der Waals surface area contributed by atoms with Gasteiger partial charge in [-0.15, -0.1) is 23.1 Å². The lowest BCUT2D eigenvalue weighted by atomic mass is 9.95. The summed E-state index contributed by atoms with van der Waals surface area (Å²) in [6, 6.07) is 12.6. The van der Waals surface area contributed by atoms with E-state index in [1.165, 1.54) is 47.4 Å². The summed E-state index contributed by atoms with van der Waals surface area (Å²) in [5.74, 6) is -1.32. The van der Waals surface area contributed by atoms with Gasteiger partial charge in [0.2, 0.25) is 5.91 Å². The number of benzene rings is 2. The number of ether oxygens (including phenoxy) is 1. The van der Waals surface area contributed by atoms with Gasteiger partial charge in [-0.1, -0.05) is 13.0 Å². The Morgan fingerprint density at radius 3 is 2.54 bits per heavy atom. The van der Waals surface area contributed by atoms with Crippen molar-refractivity contribution in [2.75, 3.05) is 17.2 Å². The maximum absolute atomic E-state index is 13.3. The number of halogens is 1. The number of rotatable bonds is 9. The molecule has 0 radical (unpaired) electrons. The number of carbonyl (C=O) groups is 3. The molecule has 1 aliphatic rings. The molecule has 1 aromatic heterocycles. The quantitative estimate of drug-likeness (QED) is 0.233. The molecule has 1 unspecified atom stereocenters. The Labute approximate surface area is 224 Å². The Balaban J connectivity index is 1.47. The molecule has 0 spiro atoms. The first-order valence-corrected chi connectivity index (χ1v) is 14.0. The summed E-state index contributed by atoms with van der Waals surface area (Å²) < 4.78 is 18.5. The average Bonchev–Trinajstić information content (AvgIpc) is 3.25. The van der Waals surface area contributed by atoms with E-state index >= 15 is 0 Å². The summed E-state index contributed by atoms with van der Waals surface area (Å²) in [6.07, 6.45) is 4.39. The van der Waals surface area contributed by atoms with Gasteiger partial charge in [0.25, 0.3) is 5.91 Å². The summed E-state index contributed by atoms with van der Waals surface area (Å²) >= 11 is 2.86.